The molecule has 0 amide bonds. The summed E-state index contributed by atoms with van der Waals surface area (Å²) in [6.07, 6.45) is 5.31. The summed E-state index contributed by atoms with van der Waals surface area (Å²) >= 11 is 7.51. The van der Waals surface area contributed by atoms with E-state index < -0.39 is 5.82 Å². The number of anilines is 1. The fourth-order valence-corrected chi connectivity index (χ4v) is 4.52. The molecule has 0 spiro atoms. The molecule has 122 valence electrons. The zero-order valence-electron chi connectivity index (χ0n) is 12.1. The Labute approximate surface area is 151 Å². The lowest BCUT2D eigenvalue weighted by Gasteiger charge is -2.40. The smallest absolute Gasteiger partial charge is 0.335 e. The first-order valence-corrected chi connectivity index (χ1v) is 8.88. The van der Waals surface area contributed by atoms with E-state index in [1.54, 1.807) is 28.7 Å². The van der Waals surface area contributed by atoms with Crippen molar-refractivity contribution in [3.63, 3.8) is 0 Å². The number of fused-ring (bicyclic) bond motifs is 3. The average Bonchev–Trinajstić information content (AvgIpc) is 2.58. The van der Waals surface area contributed by atoms with E-state index in [0.29, 0.717) is 11.8 Å². The van der Waals surface area contributed by atoms with Crippen molar-refractivity contribution in [2.75, 3.05) is 5.48 Å². The minimum Gasteiger partial charge on any atom is -0.342 e. The molecular weight excluding hydrogens is 436 g/mol. The molecule has 1 atom stereocenters. The Morgan fingerprint density at radius 2 is 2.13 bits per heavy atom. The molecule has 5 nitrogen and oxygen atoms in total. The van der Waals surface area contributed by atoms with E-state index in [1.165, 1.54) is 12.8 Å². The summed E-state index contributed by atoms with van der Waals surface area (Å²) in [7, 11) is 0. The minimum atomic E-state index is -0.760. The monoisotopic (exact) mass is 449 g/mol. The van der Waals surface area contributed by atoms with Crippen LogP contribution in [0.5, 0.6) is 0 Å². The highest BCUT2D eigenvalue weighted by Gasteiger charge is 2.40. The van der Waals surface area contributed by atoms with E-state index in [-0.39, 0.29) is 32.0 Å². The van der Waals surface area contributed by atoms with Crippen LogP contribution < -0.4 is 5.48 Å². The third-order valence-electron chi connectivity index (χ3n) is 4.75. The molecule has 2 bridgehead atoms. The molecule has 1 aromatic rings. The third kappa shape index (κ3) is 3.24. The highest BCUT2D eigenvalue weighted by molar-refractivity contribution is 14.1. The van der Waals surface area contributed by atoms with Crippen LogP contribution in [0.3, 0.4) is 0 Å². The van der Waals surface area contributed by atoms with Crippen molar-refractivity contribution >= 4 is 46.0 Å². The maximum Gasteiger partial charge on any atom is 0.335 e. The molecule has 0 aliphatic heterocycles. The van der Waals surface area contributed by atoms with Gasteiger partial charge in [0.1, 0.15) is 11.6 Å². The fraction of sp³-hybridized carbons (Fsp3) is 0.533. The SMILES string of the molecule is N#Cc1c(Cl)nc(NOC(=O)C2CC3CCC2CC3)c(F)c1I. The van der Waals surface area contributed by atoms with Gasteiger partial charge in [-0.1, -0.05) is 24.4 Å². The van der Waals surface area contributed by atoms with Crippen molar-refractivity contribution in [2.45, 2.75) is 32.1 Å². The predicted octanol–water partition coefficient (Wildman–Crippen LogP) is 4.05. The third-order valence-corrected chi connectivity index (χ3v) is 6.03. The number of hydrogen-bond acceptors (Lipinski definition) is 5. The molecule has 4 rings (SSSR count). The minimum absolute atomic E-state index is 0.0359. The zero-order valence-corrected chi connectivity index (χ0v) is 15.0. The molecule has 1 N–H and O–H groups in total. The van der Waals surface area contributed by atoms with E-state index in [1.807, 2.05) is 0 Å². The van der Waals surface area contributed by atoms with Gasteiger partial charge in [-0.2, -0.15) is 10.7 Å². The van der Waals surface area contributed by atoms with E-state index in [0.717, 1.165) is 19.3 Å². The van der Waals surface area contributed by atoms with Crippen molar-refractivity contribution in [2.24, 2.45) is 17.8 Å². The lowest BCUT2D eigenvalue weighted by atomic mass is 9.65. The maximum atomic E-state index is 14.1. The molecule has 3 saturated carbocycles. The number of pyridine rings is 1. The van der Waals surface area contributed by atoms with Gasteiger partial charge < -0.3 is 4.84 Å². The molecule has 8 heteroatoms. The molecule has 1 unspecified atom stereocenters. The molecule has 1 aromatic heterocycles. The number of aromatic nitrogens is 1. The van der Waals surface area contributed by atoms with Gasteiger partial charge in [-0.3, -0.25) is 0 Å². The average molecular weight is 450 g/mol. The quantitative estimate of drug-likeness (QED) is 0.428. The van der Waals surface area contributed by atoms with Gasteiger partial charge in [-0.25, -0.2) is 14.2 Å². The van der Waals surface area contributed by atoms with E-state index in [2.05, 4.69) is 10.5 Å². The van der Waals surface area contributed by atoms with Crippen molar-refractivity contribution in [1.29, 1.82) is 5.26 Å². The lowest BCUT2D eigenvalue weighted by Crippen LogP contribution is -2.37. The van der Waals surface area contributed by atoms with Gasteiger partial charge in [0.25, 0.3) is 0 Å². The second-order valence-corrected chi connectivity index (χ2v) is 7.45. The van der Waals surface area contributed by atoms with Crippen LogP contribution in [0.2, 0.25) is 5.15 Å². The number of nitriles is 1. The van der Waals surface area contributed by atoms with Crippen LogP contribution in [-0.4, -0.2) is 11.0 Å². The second kappa shape index (κ2) is 6.77. The number of nitrogens with zero attached hydrogens (tertiary/aromatic N) is 2. The summed E-state index contributed by atoms with van der Waals surface area (Å²) < 4.78 is 14.2. The summed E-state index contributed by atoms with van der Waals surface area (Å²) in [4.78, 5) is 21.0. The molecule has 0 radical (unpaired) electrons. The molecule has 1 heterocycles. The van der Waals surface area contributed by atoms with Gasteiger partial charge in [0.2, 0.25) is 0 Å². The van der Waals surface area contributed by atoms with Gasteiger partial charge in [-0.15, -0.1) is 0 Å². The lowest BCUT2D eigenvalue weighted by molar-refractivity contribution is -0.151. The van der Waals surface area contributed by atoms with Gasteiger partial charge in [-0.05, 0) is 53.7 Å². The first kappa shape index (κ1) is 16.7. The van der Waals surface area contributed by atoms with E-state index >= 15 is 0 Å². The van der Waals surface area contributed by atoms with Crippen LogP contribution in [0, 0.1) is 38.5 Å². The highest BCUT2D eigenvalue weighted by Crippen LogP contribution is 2.45. The number of carbonyl (C=O) groups is 1. The van der Waals surface area contributed by atoms with E-state index in [4.69, 9.17) is 21.7 Å². The van der Waals surface area contributed by atoms with Crippen LogP contribution in [0.4, 0.5) is 10.2 Å². The first-order chi connectivity index (χ1) is 11.0. The largest absolute Gasteiger partial charge is 0.342 e. The molecular formula is C15H14ClFIN3O2. The molecule has 3 fully saturated rings. The Hall–Kier alpha value is -1.14. The number of carbonyl (C=O) groups excluding carboxylic acids is 1. The van der Waals surface area contributed by atoms with Crippen LogP contribution >= 0.6 is 34.2 Å². The van der Waals surface area contributed by atoms with Crippen molar-refractivity contribution in [1.82, 2.24) is 4.98 Å². The maximum absolute atomic E-state index is 14.1. The van der Waals surface area contributed by atoms with Gasteiger partial charge in [0.05, 0.1) is 9.49 Å². The number of halogens is 3. The van der Waals surface area contributed by atoms with Crippen LogP contribution in [0.25, 0.3) is 0 Å². The predicted molar refractivity (Wildman–Crippen MR) is 89.9 cm³/mol. The standard InChI is InChI=1S/C15H14ClFIN3O2/c16-13-10(6-19)12(18)11(17)14(20-13)21-23-15(22)9-5-7-1-3-8(9)4-2-7/h7-9H,1-5H2,(H,20,21). The van der Waals surface area contributed by atoms with Gasteiger partial charge >= 0.3 is 5.97 Å². The Kier molecular flexibility index (Phi) is 4.92. The normalized spacial score (nSPS) is 25.7. The number of rotatable bonds is 3. The number of nitrogens with one attached hydrogen (secondary N) is 1. The molecule has 0 aromatic carbocycles. The summed E-state index contributed by atoms with van der Waals surface area (Å²) in [6, 6.07) is 1.79. The van der Waals surface area contributed by atoms with Crippen molar-refractivity contribution < 1.29 is 14.0 Å². The first-order valence-electron chi connectivity index (χ1n) is 7.42. The van der Waals surface area contributed by atoms with Gasteiger partial charge in [0.15, 0.2) is 16.8 Å². The Balaban J connectivity index is 1.69. The Bertz CT molecular complexity index is 686. The zero-order chi connectivity index (χ0) is 16.6. The Morgan fingerprint density at radius 3 is 2.70 bits per heavy atom. The second-order valence-electron chi connectivity index (χ2n) is 6.01. The van der Waals surface area contributed by atoms with Crippen molar-refractivity contribution in [3.8, 4) is 6.07 Å². The molecule has 23 heavy (non-hydrogen) atoms. The molecule has 3 aliphatic carbocycles. The molecule has 0 saturated heterocycles. The van der Waals surface area contributed by atoms with Gasteiger partial charge in [0, 0.05) is 0 Å². The summed E-state index contributed by atoms with van der Waals surface area (Å²) in [5, 5.41) is 8.78. The van der Waals surface area contributed by atoms with E-state index in [9.17, 15) is 9.18 Å². The Morgan fingerprint density at radius 1 is 1.43 bits per heavy atom. The van der Waals surface area contributed by atoms with Crippen LogP contribution in [-0.2, 0) is 9.63 Å². The topological polar surface area (TPSA) is 75.0 Å². The van der Waals surface area contributed by atoms with Crippen LogP contribution in [0.1, 0.15) is 37.7 Å². The summed E-state index contributed by atoms with van der Waals surface area (Å²) in [6.45, 7) is 0. The van der Waals surface area contributed by atoms with Crippen molar-refractivity contribution in [3.05, 3.63) is 20.1 Å². The number of hydrogen-bond donors (Lipinski definition) is 1. The van der Waals surface area contributed by atoms with Crippen LogP contribution in [0.15, 0.2) is 0 Å². The highest BCUT2D eigenvalue weighted by atomic mass is 127. The fourth-order valence-electron chi connectivity index (χ4n) is 3.51. The summed E-state index contributed by atoms with van der Waals surface area (Å²) in [5.41, 5.74) is 2.23. The summed E-state index contributed by atoms with van der Waals surface area (Å²) in [5.74, 6) is -0.603. The molecule has 3 aliphatic rings.